The monoisotopic (exact) mass is 305 g/mol. The van der Waals surface area contributed by atoms with Gasteiger partial charge in [-0.3, -0.25) is 4.79 Å². The first kappa shape index (κ1) is 16.6. The third-order valence-electron chi connectivity index (χ3n) is 4.06. The first-order chi connectivity index (χ1) is 10.3. The van der Waals surface area contributed by atoms with Crippen LogP contribution in [0.5, 0.6) is 5.75 Å². The van der Waals surface area contributed by atoms with E-state index in [1.165, 1.54) is 0 Å². The summed E-state index contributed by atoms with van der Waals surface area (Å²) in [6.07, 6.45) is 0.0467. The quantitative estimate of drug-likeness (QED) is 0.853. The molecule has 0 saturated carbocycles. The van der Waals surface area contributed by atoms with Gasteiger partial charge in [-0.05, 0) is 26.2 Å². The van der Waals surface area contributed by atoms with Crippen molar-refractivity contribution in [3.8, 4) is 5.75 Å². The average Bonchev–Trinajstić information content (AvgIpc) is 2.44. The van der Waals surface area contributed by atoms with Gasteiger partial charge in [-0.1, -0.05) is 13.0 Å². The van der Waals surface area contributed by atoms with Crippen LogP contribution in [0.25, 0.3) is 0 Å². The largest absolute Gasteiger partial charge is 0.486 e. The fraction of sp³-hybridized carbons (Fsp3) is 0.588. The molecular weight excluding hydrogens is 278 g/mol. The first-order valence-corrected chi connectivity index (χ1v) is 7.68. The Morgan fingerprint density at radius 2 is 1.95 bits per heavy atom. The van der Waals surface area contributed by atoms with Crippen LogP contribution < -0.4 is 9.64 Å². The van der Waals surface area contributed by atoms with Crippen molar-refractivity contribution in [1.29, 1.82) is 0 Å². The summed E-state index contributed by atoms with van der Waals surface area (Å²) in [6.45, 7) is 3.66. The molecule has 122 valence electrons. The molecule has 1 aliphatic heterocycles. The Balaban J connectivity index is 2.51. The number of likely N-dealkylation sites (N-methyl/N-ethyl adjacent to an activating group) is 1. The molecule has 2 atom stereocenters. The molecule has 0 aliphatic carbocycles. The number of hydrogen-bond donors (Lipinski definition) is 0. The number of para-hydroxylation sites is 1. The van der Waals surface area contributed by atoms with Crippen molar-refractivity contribution < 1.29 is 9.53 Å². The Bertz CT molecular complexity index is 543. The summed E-state index contributed by atoms with van der Waals surface area (Å²) in [5, 5.41) is 0. The molecule has 5 nitrogen and oxygen atoms in total. The Morgan fingerprint density at radius 3 is 2.55 bits per heavy atom. The molecule has 2 rings (SSSR count). The van der Waals surface area contributed by atoms with Crippen LogP contribution in [-0.4, -0.2) is 70.1 Å². The highest BCUT2D eigenvalue weighted by Crippen LogP contribution is 2.35. The number of benzene rings is 1. The highest BCUT2D eigenvalue weighted by atomic mass is 16.5. The van der Waals surface area contributed by atoms with E-state index in [-0.39, 0.29) is 17.9 Å². The summed E-state index contributed by atoms with van der Waals surface area (Å²) >= 11 is 0. The predicted octanol–water partition coefficient (Wildman–Crippen LogP) is 1.78. The number of fused-ring (bicyclic) bond motifs is 1. The maximum atomic E-state index is 12.7. The number of rotatable bonds is 3. The number of nitrogens with zero attached hydrogens (tertiary/aromatic N) is 3. The van der Waals surface area contributed by atoms with Crippen molar-refractivity contribution in [2.75, 3.05) is 53.2 Å². The molecular formula is C17H27N3O2. The molecule has 0 saturated heterocycles. The Labute approximate surface area is 133 Å². The van der Waals surface area contributed by atoms with Gasteiger partial charge in [0.15, 0.2) is 5.75 Å². The van der Waals surface area contributed by atoms with Gasteiger partial charge in [0.1, 0.15) is 6.10 Å². The number of amides is 1. The van der Waals surface area contributed by atoms with Crippen LogP contribution in [-0.2, 0) is 0 Å². The first-order valence-electron chi connectivity index (χ1n) is 7.68. The van der Waals surface area contributed by atoms with Crippen molar-refractivity contribution >= 4 is 11.6 Å². The van der Waals surface area contributed by atoms with Gasteiger partial charge in [-0.2, -0.15) is 0 Å². The fourth-order valence-electron chi connectivity index (χ4n) is 2.85. The Kier molecular flexibility index (Phi) is 4.96. The van der Waals surface area contributed by atoms with Crippen LogP contribution in [0.1, 0.15) is 17.3 Å². The summed E-state index contributed by atoms with van der Waals surface area (Å²) in [5.41, 5.74) is 1.58. The maximum Gasteiger partial charge on any atom is 0.257 e. The van der Waals surface area contributed by atoms with E-state index in [1.54, 1.807) is 4.90 Å². The molecule has 1 aromatic carbocycles. The minimum atomic E-state index is 0.0221. The van der Waals surface area contributed by atoms with Crippen LogP contribution in [0.4, 0.5) is 5.69 Å². The van der Waals surface area contributed by atoms with E-state index < -0.39 is 0 Å². The van der Waals surface area contributed by atoms with E-state index in [2.05, 4.69) is 11.8 Å². The zero-order valence-electron chi connectivity index (χ0n) is 14.5. The van der Waals surface area contributed by atoms with Gasteiger partial charge in [0.2, 0.25) is 0 Å². The standard InChI is InChI=1S/C17H27N3O2/c1-12-10-20(6)17(21)13-8-7-9-14(19(4)5)16(13)22-15(12)11-18(2)3/h7-9,12,15H,10-11H2,1-6H3/t12-,15+/m1/s1. The van der Waals surface area contributed by atoms with Gasteiger partial charge < -0.3 is 19.4 Å². The summed E-state index contributed by atoms with van der Waals surface area (Å²) in [6, 6.07) is 5.75. The molecule has 1 heterocycles. The third-order valence-corrected chi connectivity index (χ3v) is 4.06. The Morgan fingerprint density at radius 1 is 1.27 bits per heavy atom. The Hall–Kier alpha value is -1.75. The number of ether oxygens (including phenoxy) is 1. The van der Waals surface area contributed by atoms with E-state index in [4.69, 9.17) is 4.74 Å². The zero-order chi connectivity index (χ0) is 16.4. The maximum absolute atomic E-state index is 12.7. The third kappa shape index (κ3) is 3.35. The van der Waals surface area contributed by atoms with E-state index in [0.717, 1.165) is 12.2 Å². The van der Waals surface area contributed by atoms with Gasteiger partial charge in [0.05, 0.1) is 11.3 Å². The lowest BCUT2D eigenvalue weighted by Crippen LogP contribution is -2.44. The fourth-order valence-corrected chi connectivity index (χ4v) is 2.85. The molecule has 0 unspecified atom stereocenters. The molecule has 22 heavy (non-hydrogen) atoms. The average molecular weight is 305 g/mol. The van der Waals surface area contributed by atoms with Crippen LogP contribution >= 0.6 is 0 Å². The van der Waals surface area contributed by atoms with Crippen molar-refractivity contribution in [3.05, 3.63) is 23.8 Å². The van der Waals surface area contributed by atoms with Gasteiger partial charge >= 0.3 is 0 Å². The van der Waals surface area contributed by atoms with E-state index in [1.807, 2.05) is 58.3 Å². The molecule has 0 spiro atoms. The minimum absolute atomic E-state index is 0.0221. The van der Waals surface area contributed by atoms with Crippen molar-refractivity contribution in [2.45, 2.75) is 13.0 Å². The second kappa shape index (κ2) is 6.57. The van der Waals surface area contributed by atoms with Crippen LogP contribution in [0.15, 0.2) is 18.2 Å². The van der Waals surface area contributed by atoms with Gasteiger partial charge in [0, 0.05) is 40.2 Å². The topological polar surface area (TPSA) is 36.0 Å². The van der Waals surface area contributed by atoms with E-state index in [0.29, 0.717) is 17.9 Å². The highest BCUT2D eigenvalue weighted by molar-refractivity contribution is 5.99. The summed E-state index contributed by atoms with van der Waals surface area (Å²) in [4.78, 5) is 18.6. The molecule has 0 aromatic heterocycles. The number of anilines is 1. The normalized spacial score (nSPS) is 22.0. The summed E-state index contributed by atoms with van der Waals surface area (Å²) in [7, 11) is 9.89. The molecule has 1 aromatic rings. The molecule has 1 amide bonds. The van der Waals surface area contributed by atoms with Gasteiger partial charge in [0.25, 0.3) is 5.91 Å². The van der Waals surface area contributed by atoms with Gasteiger partial charge in [-0.15, -0.1) is 0 Å². The molecule has 0 N–H and O–H groups in total. The smallest absolute Gasteiger partial charge is 0.257 e. The summed E-state index contributed by atoms with van der Waals surface area (Å²) < 4.78 is 6.34. The molecule has 1 aliphatic rings. The minimum Gasteiger partial charge on any atom is -0.486 e. The molecule has 0 bridgehead atoms. The number of hydrogen-bond acceptors (Lipinski definition) is 4. The second-order valence-electron chi connectivity index (χ2n) is 6.63. The molecule has 0 fully saturated rings. The van der Waals surface area contributed by atoms with Crippen LogP contribution in [0.3, 0.4) is 0 Å². The summed E-state index contributed by atoms with van der Waals surface area (Å²) in [5.74, 6) is 0.983. The second-order valence-corrected chi connectivity index (χ2v) is 6.63. The van der Waals surface area contributed by atoms with Gasteiger partial charge in [-0.25, -0.2) is 0 Å². The predicted molar refractivity (Wildman–Crippen MR) is 89.9 cm³/mol. The molecule has 5 heteroatoms. The van der Waals surface area contributed by atoms with Crippen LogP contribution in [0.2, 0.25) is 0 Å². The van der Waals surface area contributed by atoms with Crippen LogP contribution in [0, 0.1) is 5.92 Å². The van der Waals surface area contributed by atoms with Crippen molar-refractivity contribution in [3.63, 3.8) is 0 Å². The zero-order valence-corrected chi connectivity index (χ0v) is 14.5. The molecule has 0 radical (unpaired) electrons. The van der Waals surface area contributed by atoms with E-state index in [9.17, 15) is 4.79 Å². The SMILES string of the molecule is C[C@@H]1CN(C)C(=O)c2cccc(N(C)C)c2O[C@H]1CN(C)C. The van der Waals surface area contributed by atoms with Crippen molar-refractivity contribution in [2.24, 2.45) is 5.92 Å². The lowest BCUT2D eigenvalue weighted by atomic mass is 10.0. The highest BCUT2D eigenvalue weighted by Gasteiger charge is 2.30. The number of carbonyl (C=O) groups is 1. The lowest BCUT2D eigenvalue weighted by Gasteiger charge is -2.35. The lowest BCUT2D eigenvalue weighted by molar-refractivity contribution is 0.0577. The van der Waals surface area contributed by atoms with E-state index >= 15 is 0 Å². The van der Waals surface area contributed by atoms with Crippen molar-refractivity contribution in [1.82, 2.24) is 9.80 Å². The number of carbonyl (C=O) groups excluding carboxylic acids is 1.